The zero-order valence-electron chi connectivity index (χ0n) is 11.7. The second-order valence-electron chi connectivity index (χ2n) is 4.91. The van der Waals surface area contributed by atoms with E-state index < -0.39 is 0 Å². The van der Waals surface area contributed by atoms with E-state index in [4.69, 9.17) is 11.6 Å². The van der Waals surface area contributed by atoms with E-state index in [9.17, 15) is 9.59 Å². The number of benzene rings is 2. The quantitative estimate of drug-likeness (QED) is 0.915. The molecule has 0 aromatic heterocycles. The number of hydrogen-bond donors (Lipinski definition) is 2. The predicted molar refractivity (Wildman–Crippen MR) is 87.4 cm³/mol. The first kappa shape index (κ1) is 14.4. The number of hydrogen-bond acceptors (Lipinski definition) is 3. The first-order valence-electron chi connectivity index (χ1n) is 6.82. The summed E-state index contributed by atoms with van der Waals surface area (Å²) in [7, 11) is 0. The van der Waals surface area contributed by atoms with Crippen LogP contribution in [-0.4, -0.2) is 24.9 Å². The molecule has 3 rings (SSSR count). The molecule has 0 spiro atoms. The summed E-state index contributed by atoms with van der Waals surface area (Å²) >= 11 is 5.91. The molecule has 0 bridgehead atoms. The van der Waals surface area contributed by atoms with Crippen LogP contribution in [-0.2, 0) is 9.59 Å². The Morgan fingerprint density at radius 2 is 2.05 bits per heavy atom. The molecule has 0 radical (unpaired) electrons. The van der Waals surface area contributed by atoms with E-state index in [0.717, 1.165) is 5.69 Å². The average molecular weight is 316 g/mol. The lowest BCUT2D eigenvalue weighted by molar-refractivity contribution is -0.120. The maximum absolute atomic E-state index is 12.4. The third-order valence-corrected chi connectivity index (χ3v) is 3.58. The number of amides is 2. The number of anilines is 3. The first-order chi connectivity index (χ1) is 10.6. The van der Waals surface area contributed by atoms with Crippen LogP contribution >= 0.6 is 11.6 Å². The van der Waals surface area contributed by atoms with Gasteiger partial charge in [-0.25, -0.2) is 0 Å². The van der Waals surface area contributed by atoms with E-state index >= 15 is 0 Å². The molecular formula is C16H14ClN3O2. The number of carbonyl (C=O) groups is 2. The molecule has 0 unspecified atom stereocenters. The van der Waals surface area contributed by atoms with Crippen LogP contribution < -0.4 is 15.5 Å². The minimum atomic E-state index is -0.199. The van der Waals surface area contributed by atoms with Crippen LogP contribution in [0.2, 0.25) is 5.02 Å². The number of rotatable bonds is 3. The molecule has 0 aliphatic carbocycles. The zero-order chi connectivity index (χ0) is 15.5. The lowest BCUT2D eigenvalue weighted by Crippen LogP contribution is -2.44. The number of carbonyl (C=O) groups excluding carboxylic acids is 2. The van der Waals surface area contributed by atoms with Crippen LogP contribution in [0.5, 0.6) is 0 Å². The molecule has 0 atom stereocenters. The van der Waals surface area contributed by atoms with Crippen molar-refractivity contribution < 1.29 is 9.59 Å². The number of halogens is 1. The van der Waals surface area contributed by atoms with Crippen LogP contribution in [0.4, 0.5) is 17.1 Å². The van der Waals surface area contributed by atoms with Crippen molar-refractivity contribution in [3.05, 3.63) is 53.6 Å². The van der Waals surface area contributed by atoms with Crippen molar-refractivity contribution in [1.82, 2.24) is 0 Å². The fourth-order valence-corrected chi connectivity index (χ4v) is 2.52. The number of para-hydroxylation sites is 2. The third-order valence-electron chi connectivity index (χ3n) is 3.34. The van der Waals surface area contributed by atoms with Gasteiger partial charge in [-0.2, -0.15) is 0 Å². The molecule has 22 heavy (non-hydrogen) atoms. The normalized spacial score (nSPS) is 13.3. The summed E-state index contributed by atoms with van der Waals surface area (Å²) in [6.45, 7) is 0.106. The number of nitrogens with one attached hydrogen (secondary N) is 2. The van der Waals surface area contributed by atoms with Crippen LogP contribution in [0.25, 0.3) is 0 Å². The molecule has 2 aromatic carbocycles. The Morgan fingerprint density at radius 3 is 2.86 bits per heavy atom. The second-order valence-corrected chi connectivity index (χ2v) is 5.35. The SMILES string of the molecule is O=C1CN(C(=O)CNc2cccc(Cl)c2)c2ccccc2N1. The highest BCUT2D eigenvalue weighted by Crippen LogP contribution is 2.28. The van der Waals surface area contributed by atoms with E-state index in [1.165, 1.54) is 4.90 Å². The van der Waals surface area contributed by atoms with Gasteiger partial charge in [-0.05, 0) is 30.3 Å². The van der Waals surface area contributed by atoms with E-state index in [-0.39, 0.29) is 24.9 Å². The summed E-state index contributed by atoms with van der Waals surface area (Å²) < 4.78 is 0. The minimum absolute atomic E-state index is 0.0209. The van der Waals surface area contributed by atoms with Crippen molar-refractivity contribution in [2.24, 2.45) is 0 Å². The first-order valence-corrected chi connectivity index (χ1v) is 7.20. The Hall–Kier alpha value is -2.53. The Kier molecular flexibility index (Phi) is 3.98. The lowest BCUT2D eigenvalue weighted by Gasteiger charge is -2.29. The standard InChI is InChI=1S/C16H14ClN3O2/c17-11-4-3-5-12(8-11)18-9-16(22)20-10-15(21)19-13-6-1-2-7-14(13)20/h1-8,18H,9-10H2,(H,19,21). The summed E-state index contributed by atoms with van der Waals surface area (Å²) in [6, 6.07) is 14.4. The molecule has 112 valence electrons. The summed E-state index contributed by atoms with van der Waals surface area (Å²) in [5, 5.41) is 6.37. The molecule has 2 aromatic rings. The molecule has 1 aliphatic rings. The molecule has 6 heteroatoms. The molecule has 0 saturated heterocycles. The Labute approximate surface area is 132 Å². The summed E-state index contributed by atoms with van der Waals surface area (Å²) in [6.07, 6.45) is 0. The van der Waals surface area contributed by atoms with Crippen LogP contribution in [0.15, 0.2) is 48.5 Å². The highest BCUT2D eigenvalue weighted by Gasteiger charge is 2.26. The van der Waals surface area contributed by atoms with Gasteiger partial charge in [0.1, 0.15) is 6.54 Å². The largest absolute Gasteiger partial charge is 0.376 e. The van der Waals surface area contributed by atoms with Gasteiger partial charge in [-0.1, -0.05) is 29.8 Å². The Bertz CT molecular complexity index is 733. The van der Waals surface area contributed by atoms with E-state index in [2.05, 4.69) is 10.6 Å². The topological polar surface area (TPSA) is 61.4 Å². The van der Waals surface area contributed by atoms with Gasteiger partial charge in [0.2, 0.25) is 11.8 Å². The van der Waals surface area contributed by atoms with Gasteiger partial charge in [-0.3, -0.25) is 14.5 Å². The third kappa shape index (κ3) is 3.04. The highest BCUT2D eigenvalue weighted by atomic mass is 35.5. The van der Waals surface area contributed by atoms with Gasteiger partial charge in [0.15, 0.2) is 0 Å². The van der Waals surface area contributed by atoms with E-state index in [1.54, 1.807) is 24.3 Å². The predicted octanol–water partition coefficient (Wildman–Crippen LogP) is 2.74. The molecule has 1 aliphatic heterocycles. The second kappa shape index (κ2) is 6.07. The van der Waals surface area contributed by atoms with Crippen molar-refractivity contribution >= 4 is 40.5 Å². The zero-order valence-corrected chi connectivity index (χ0v) is 12.4. The summed E-state index contributed by atoms with van der Waals surface area (Å²) in [5.41, 5.74) is 2.12. The molecule has 5 nitrogen and oxygen atoms in total. The van der Waals surface area contributed by atoms with Crippen LogP contribution in [0.3, 0.4) is 0 Å². The minimum Gasteiger partial charge on any atom is -0.376 e. The number of fused-ring (bicyclic) bond motifs is 1. The van der Waals surface area contributed by atoms with Crippen molar-refractivity contribution in [3.8, 4) is 0 Å². The van der Waals surface area contributed by atoms with Gasteiger partial charge in [0.25, 0.3) is 0 Å². The maximum atomic E-state index is 12.4. The van der Waals surface area contributed by atoms with Crippen molar-refractivity contribution in [1.29, 1.82) is 0 Å². The van der Waals surface area contributed by atoms with Crippen molar-refractivity contribution in [2.75, 3.05) is 28.6 Å². The monoisotopic (exact) mass is 315 g/mol. The Morgan fingerprint density at radius 1 is 1.23 bits per heavy atom. The van der Waals surface area contributed by atoms with Gasteiger partial charge in [0, 0.05) is 10.7 Å². The average Bonchev–Trinajstić information content (AvgIpc) is 2.52. The van der Waals surface area contributed by atoms with Gasteiger partial charge >= 0.3 is 0 Å². The molecule has 0 saturated carbocycles. The lowest BCUT2D eigenvalue weighted by atomic mass is 10.2. The van der Waals surface area contributed by atoms with Crippen molar-refractivity contribution in [2.45, 2.75) is 0 Å². The fraction of sp³-hybridized carbons (Fsp3) is 0.125. The van der Waals surface area contributed by atoms with Gasteiger partial charge in [0.05, 0.1) is 17.9 Å². The smallest absolute Gasteiger partial charge is 0.246 e. The molecule has 2 amide bonds. The van der Waals surface area contributed by atoms with E-state index in [1.807, 2.05) is 24.3 Å². The maximum Gasteiger partial charge on any atom is 0.246 e. The van der Waals surface area contributed by atoms with E-state index in [0.29, 0.717) is 16.4 Å². The fourth-order valence-electron chi connectivity index (χ4n) is 2.33. The molecular weight excluding hydrogens is 302 g/mol. The highest BCUT2D eigenvalue weighted by molar-refractivity contribution is 6.30. The summed E-state index contributed by atoms with van der Waals surface area (Å²) in [4.78, 5) is 25.6. The van der Waals surface area contributed by atoms with Crippen LogP contribution in [0.1, 0.15) is 0 Å². The van der Waals surface area contributed by atoms with Crippen LogP contribution in [0, 0.1) is 0 Å². The van der Waals surface area contributed by atoms with Crippen molar-refractivity contribution in [3.63, 3.8) is 0 Å². The Balaban J connectivity index is 1.74. The van der Waals surface area contributed by atoms with Gasteiger partial charge in [-0.15, -0.1) is 0 Å². The summed E-state index contributed by atoms with van der Waals surface area (Å²) in [5.74, 6) is -0.378. The molecule has 0 fully saturated rings. The molecule has 2 N–H and O–H groups in total. The van der Waals surface area contributed by atoms with Gasteiger partial charge < -0.3 is 10.6 Å². The molecule has 1 heterocycles. The number of nitrogens with zero attached hydrogens (tertiary/aromatic N) is 1.